The Labute approximate surface area is 110 Å². The molecule has 0 atom stereocenters. The van der Waals surface area contributed by atoms with Gasteiger partial charge in [-0.15, -0.1) is 0 Å². The molecule has 0 radical (unpaired) electrons. The maximum atomic E-state index is 12.0. The molecule has 0 bridgehead atoms. The van der Waals surface area contributed by atoms with Crippen LogP contribution >= 0.6 is 0 Å². The van der Waals surface area contributed by atoms with Gasteiger partial charge in [0, 0.05) is 30.7 Å². The van der Waals surface area contributed by atoms with Gasteiger partial charge < -0.3 is 15.6 Å². The van der Waals surface area contributed by atoms with Gasteiger partial charge in [-0.2, -0.15) is 0 Å². The minimum absolute atomic E-state index is 0.0986. The number of carbonyl (C=O) groups excluding carboxylic acids is 1. The summed E-state index contributed by atoms with van der Waals surface area (Å²) in [5, 5.41) is 5.75. The molecule has 5 nitrogen and oxygen atoms in total. The molecule has 19 heavy (non-hydrogen) atoms. The van der Waals surface area contributed by atoms with Crippen LogP contribution in [0.4, 0.5) is 5.69 Å². The van der Waals surface area contributed by atoms with E-state index in [4.69, 9.17) is 0 Å². The lowest BCUT2D eigenvalue weighted by Crippen LogP contribution is -2.21. The quantitative estimate of drug-likeness (QED) is 0.774. The van der Waals surface area contributed by atoms with E-state index in [1.807, 2.05) is 25.2 Å². The van der Waals surface area contributed by atoms with E-state index >= 15 is 0 Å². The molecule has 2 rings (SSSR count). The largest absolute Gasteiger partial charge is 0.367 e. The predicted molar refractivity (Wildman–Crippen MR) is 74.2 cm³/mol. The van der Waals surface area contributed by atoms with Gasteiger partial charge in [0.25, 0.3) is 5.91 Å². The molecular weight excluding hydrogens is 242 g/mol. The van der Waals surface area contributed by atoms with Crippen LogP contribution < -0.4 is 16.1 Å². The van der Waals surface area contributed by atoms with Gasteiger partial charge >= 0.3 is 0 Å². The van der Waals surface area contributed by atoms with E-state index in [0.717, 1.165) is 12.1 Å². The van der Waals surface area contributed by atoms with Crippen molar-refractivity contribution in [3.05, 3.63) is 64.1 Å². The minimum Gasteiger partial charge on any atom is -0.367 e. The van der Waals surface area contributed by atoms with Crippen LogP contribution in [0.25, 0.3) is 0 Å². The molecule has 0 fully saturated rings. The molecule has 0 saturated carbocycles. The minimum atomic E-state index is -0.413. The van der Waals surface area contributed by atoms with Crippen LogP contribution in [0.3, 0.4) is 0 Å². The molecule has 3 N–H and O–H groups in total. The monoisotopic (exact) mass is 257 g/mol. The Morgan fingerprint density at radius 1 is 1.32 bits per heavy atom. The van der Waals surface area contributed by atoms with Crippen LogP contribution in [0.2, 0.25) is 0 Å². The van der Waals surface area contributed by atoms with Crippen LogP contribution in [-0.2, 0) is 6.54 Å². The first-order valence-electron chi connectivity index (χ1n) is 5.92. The average Bonchev–Trinajstić information content (AvgIpc) is 2.40. The van der Waals surface area contributed by atoms with E-state index in [9.17, 15) is 9.59 Å². The number of nitrogens with one attached hydrogen (secondary N) is 3. The zero-order chi connectivity index (χ0) is 13.7. The fraction of sp³-hybridized carbons (Fsp3) is 0.143. The number of benzene rings is 1. The highest BCUT2D eigenvalue weighted by Gasteiger charge is 2.09. The predicted octanol–water partition coefficient (Wildman–Crippen LogP) is 1.35. The molecule has 0 unspecified atom stereocenters. The molecular formula is C14H15N3O2. The molecule has 0 aliphatic heterocycles. The number of rotatable bonds is 4. The number of hydrogen-bond donors (Lipinski definition) is 3. The second kappa shape index (κ2) is 5.97. The second-order valence-electron chi connectivity index (χ2n) is 4.11. The summed E-state index contributed by atoms with van der Waals surface area (Å²) in [5.41, 5.74) is 1.52. The summed E-state index contributed by atoms with van der Waals surface area (Å²) in [5.74, 6) is -0.413. The number of aromatic nitrogens is 1. The highest BCUT2D eigenvalue weighted by Crippen LogP contribution is 2.11. The van der Waals surface area contributed by atoms with E-state index in [-0.39, 0.29) is 11.0 Å². The summed E-state index contributed by atoms with van der Waals surface area (Å²) in [6.07, 6.45) is 2.89. The summed E-state index contributed by atoms with van der Waals surface area (Å²) in [6.45, 7) is 0.718. The fourth-order valence-electron chi connectivity index (χ4n) is 1.76. The number of pyridine rings is 1. The van der Waals surface area contributed by atoms with Crippen molar-refractivity contribution in [1.29, 1.82) is 0 Å². The van der Waals surface area contributed by atoms with Crippen molar-refractivity contribution in [3.63, 3.8) is 0 Å². The van der Waals surface area contributed by atoms with E-state index < -0.39 is 5.91 Å². The van der Waals surface area contributed by atoms with Gasteiger partial charge in [0.1, 0.15) is 5.56 Å². The van der Waals surface area contributed by atoms with Gasteiger partial charge in [-0.25, -0.2) is 0 Å². The van der Waals surface area contributed by atoms with Crippen molar-refractivity contribution in [2.45, 2.75) is 6.54 Å². The number of aromatic amines is 1. The van der Waals surface area contributed by atoms with E-state index in [0.29, 0.717) is 5.69 Å². The van der Waals surface area contributed by atoms with Crippen molar-refractivity contribution >= 4 is 11.6 Å². The highest BCUT2D eigenvalue weighted by atomic mass is 16.2. The number of H-pyrrole nitrogens is 1. The summed E-state index contributed by atoms with van der Waals surface area (Å²) in [4.78, 5) is 26.2. The van der Waals surface area contributed by atoms with Crippen LogP contribution in [0.5, 0.6) is 0 Å². The summed E-state index contributed by atoms with van der Waals surface area (Å²) in [7, 11) is 1.86. The lowest BCUT2D eigenvalue weighted by Gasteiger charge is -2.07. The van der Waals surface area contributed by atoms with Crippen LogP contribution in [0.15, 0.2) is 47.5 Å². The molecule has 98 valence electrons. The van der Waals surface area contributed by atoms with Crippen LogP contribution in [-0.4, -0.2) is 17.9 Å². The number of hydrogen-bond acceptors (Lipinski definition) is 3. The van der Waals surface area contributed by atoms with Gasteiger partial charge in [-0.05, 0) is 24.7 Å². The molecule has 1 amide bonds. The van der Waals surface area contributed by atoms with Crippen molar-refractivity contribution in [2.24, 2.45) is 0 Å². The van der Waals surface area contributed by atoms with Crippen molar-refractivity contribution in [1.82, 2.24) is 10.3 Å². The standard InChI is InChI=1S/C14H15N3O2/c1-15-8-10-3-2-4-11(7-10)17-14(19)12-9-16-6-5-13(12)18/h2-7,9,15H,8H2,1H3,(H,16,18)(H,17,19). The fourth-order valence-corrected chi connectivity index (χ4v) is 1.76. The molecule has 5 heteroatoms. The molecule has 1 heterocycles. The van der Waals surface area contributed by atoms with Gasteiger partial charge in [-0.3, -0.25) is 9.59 Å². The first-order chi connectivity index (χ1) is 9.20. The molecule has 2 aromatic rings. The number of carbonyl (C=O) groups is 1. The van der Waals surface area contributed by atoms with Gasteiger partial charge in [0.2, 0.25) is 0 Å². The lowest BCUT2D eigenvalue weighted by atomic mass is 10.2. The van der Waals surface area contributed by atoms with Gasteiger partial charge in [0.15, 0.2) is 5.43 Å². The maximum Gasteiger partial charge on any atom is 0.261 e. The van der Waals surface area contributed by atoms with Crippen molar-refractivity contribution in [2.75, 3.05) is 12.4 Å². The normalized spacial score (nSPS) is 10.2. The molecule has 0 aliphatic carbocycles. The SMILES string of the molecule is CNCc1cccc(NC(=O)c2c[nH]ccc2=O)c1. The van der Waals surface area contributed by atoms with E-state index in [2.05, 4.69) is 15.6 Å². The first-order valence-corrected chi connectivity index (χ1v) is 5.92. The van der Waals surface area contributed by atoms with Crippen LogP contribution in [0.1, 0.15) is 15.9 Å². The third-order valence-electron chi connectivity index (χ3n) is 2.63. The number of anilines is 1. The molecule has 0 saturated heterocycles. The molecule has 1 aromatic heterocycles. The number of amides is 1. The second-order valence-corrected chi connectivity index (χ2v) is 4.11. The Kier molecular flexibility index (Phi) is 4.10. The highest BCUT2D eigenvalue weighted by molar-refractivity contribution is 6.03. The summed E-state index contributed by atoms with van der Waals surface area (Å²) < 4.78 is 0. The van der Waals surface area contributed by atoms with Gasteiger partial charge in [0.05, 0.1) is 0 Å². The zero-order valence-electron chi connectivity index (χ0n) is 10.6. The van der Waals surface area contributed by atoms with E-state index in [1.165, 1.54) is 18.5 Å². The smallest absolute Gasteiger partial charge is 0.261 e. The molecule has 0 spiro atoms. The summed E-state index contributed by atoms with van der Waals surface area (Å²) >= 11 is 0. The third-order valence-corrected chi connectivity index (χ3v) is 2.63. The van der Waals surface area contributed by atoms with Crippen molar-refractivity contribution in [3.8, 4) is 0 Å². The lowest BCUT2D eigenvalue weighted by molar-refractivity contribution is 0.102. The Balaban J connectivity index is 2.17. The molecule has 0 aliphatic rings. The zero-order valence-corrected chi connectivity index (χ0v) is 10.6. The van der Waals surface area contributed by atoms with Gasteiger partial charge in [-0.1, -0.05) is 12.1 Å². The Morgan fingerprint density at radius 3 is 2.89 bits per heavy atom. The third kappa shape index (κ3) is 3.29. The molecule has 1 aromatic carbocycles. The first kappa shape index (κ1) is 13.0. The van der Waals surface area contributed by atoms with E-state index in [1.54, 1.807) is 6.07 Å². The Bertz CT molecular complexity index is 634. The van der Waals surface area contributed by atoms with Crippen LogP contribution in [0, 0.1) is 0 Å². The van der Waals surface area contributed by atoms with Crippen molar-refractivity contribution < 1.29 is 4.79 Å². The Morgan fingerprint density at radius 2 is 2.16 bits per heavy atom. The topological polar surface area (TPSA) is 74.0 Å². The maximum absolute atomic E-state index is 12.0. The summed E-state index contributed by atoms with van der Waals surface area (Å²) in [6, 6.07) is 8.80. The Hall–Kier alpha value is -2.40. The average molecular weight is 257 g/mol.